The number of hydrogen-bond donors (Lipinski definition) is 0. The van der Waals surface area contributed by atoms with Gasteiger partial charge in [0, 0.05) is 5.92 Å². The van der Waals surface area contributed by atoms with Crippen molar-refractivity contribution in [3.05, 3.63) is 144 Å². The van der Waals surface area contributed by atoms with E-state index in [1.54, 1.807) is 0 Å². The van der Waals surface area contributed by atoms with Crippen molar-refractivity contribution >= 4 is 13.7 Å². The van der Waals surface area contributed by atoms with Gasteiger partial charge in [-0.05, 0) is 49.4 Å². The zero-order valence-electron chi connectivity index (χ0n) is 25.5. The van der Waals surface area contributed by atoms with Crippen LogP contribution in [0.15, 0.2) is 121 Å². The molecule has 5 rings (SSSR count). The third-order valence-electron chi connectivity index (χ3n) is 7.54. The molecule has 4 aromatic carbocycles. The molecule has 1 saturated carbocycles. The fourth-order valence-electron chi connectivity index (χ4n) is 5.26. The molecule has 0 N–H and O–H groups in total. The molecular weight excluding hydrogens is 573 g/mol. The van der Waals surface area contributed by atoms with Crippen molar-refractivity contribution in [2.45, 2.75) is 57.8 Å². The van der Waals surface area contributed by atoms with Crippen molar-refractivity contribution in [2.75, 3.05) is 6.54 Å². The SMILES string of the molecule is CC(C)(C)OC(=O)N(C[C@@H]1C[C@]1(c1ccccc1)P(=O)(OCc1ccccc1)OCc1ccccc1)OCc1ccccc1. The van der Waals surface area contributed by atoms with Crippen molar-refractivity contribution in [1.29, 1.82) is 0 Å². The highest BCUT2D eigenvalue weighted by atomic mass is 31.2. The smallest absolute Gasteiger partial charge is 0.434 e. The third kappa shape index (κ3) is 7.85. The van der Waals surface area contributed by atoms with Crippen molar-refractivity contribution in [2.24, 2.45) is 5.92 Å². The van der Waals surface area contributed by atoms with E-state index < -0.39 is 24.4 Å². The van der Waals surface area contributed by atoms with E-state index in [0.29, 0.717) is 6.42 Å². The molecule has 0 aliphatic heterocycles. The molecule has 0 aromatic heterocycles. The van der Waals surface area contributed by atoms with Crippen LogP contribution in [0.5, 0.6) is 0 Å². The summed E-state index contributed by atoms with van der Waals surface area (Å²) in [7, 11) is -3.86. The van der Waals surface area contributed by atoms with Gasteiger partial charge < -0.3 is 13.8 Å². The second-order valence-corrected chi connectivity index (χ2v) is 14.3. The van der Waals surface area contributed by atoms with Gasteiger partial charge in [-0.1, -0.05) is 121 Å². The Hall–Kier alpha value is -3.74. The molecule has 44 heavy (non-hydrogen) atoms. The van der Waals surface area contributed by atoms with Crippen LogP contribution < -0.4 is 0 Å². The van der Waals surface area contributed by atoms with Gasteiger partial charge in [-0.3, -0.25) is 9.40 Å². The van der Waals surface area contributed by atoms with Crippen LogP contribution in [0.3, 0.4) is 0 Å². The lowest BCUT2D eigenvalue weighted by molar-refractivity contribution is -0.158. The zero-order chi connectivity index (χ0) is 31.0. The van der Waals surface area contributed by atoms with Gasteiger partial charge in [0.15, 0.2) is 0 Å². The molecular formula is C36H40NO6P. The standard InChI is InChI=1S/C36H40NO6P/c1-35(2,3)43-34(38)37(40-26-29-16-8-4-9-17-29)25-33-24-36(33,32-22-14-7-15-23-32)44(39,41-27-30-18-10-5-11-19-30)42-28-31-20-12-6-13-21-31/h4-23,33H,24-28H2,1-3H3/t33-,36+/m0/s1. The van der Waals surface area contributed by atoms with Gasteiger partial charge in [-0.25, -0.2) is 4.79 Å². The third-order valence-corrected chi connectivity index (χ3v) is 10.3. The van der Waals surface area contributed by atoms with E-state index in [1.165, 1.54) is 5.06 Å². The Kier molecular flexibility index (Phi) is 10.0. The molecule has 1 amide bonds. The van der Waals surface area contributed by atoms with E-state index in [2.05, 4.69) is 0 Å². The van der Waals surface area contributed by atoms with E-state index in [1.807, 2.05) is 142 Å². The first-order chi connectivity index (χ1) is 21.2. The first-order valence-corrected chi connectivity index (χ1v) is 16.4. The lowest BCUT2D eigenvalue weighted by Gasteiger charge is -2.31. The number of amides is 1. The van der Waals surface area contributed by atoms with Gasteiger partial charge in [0.25, 0.3) is 0 Å². The fourth-order valence-corrected chi connectivity index (χ4v) is 7.87. The average molecular weight is 614 g/mol. The highest BCUT2D eigenvalue weighted by Crippen LogP contribution is 2.79. The minimum absolute atomic E-state index is 0.120. The van der Waals surface area contributed by atoms with Crippen LogP contribution in [-0.2, 0) is 48.2 Å². The van der Waals surface area contributed by atoms with E-state index in [9.17, 15) is 4.79 Å². The molecule has 8 heteroatoms. The molecule has 7 nitrogen and oxygen atoms in total. The summed E-state index contributed by atoms with van der Waals surface area (Å²) in [5.74, 6) is -0.287. The maximum Gasteiger partial charge on any atom is 0.434 e. The van der Waals surface area contributed by atoms with Crippen LogP contribution in [-0.4, -0.2) is 23.3 Å². The second-order valence-electron chi connectivity index (χ2n) is 12.0. The lowest BCUT2D eigenvalue weighted by atomic mass is 10.1. The topological polar surface area (TPSA) is 74.3 Å². The molecule has 0 unspecified atom stereocenters. The van der Waals surface area contributed by atoms with Crippen molar-refractivity contribution < 1.29 is 28.0 Å². The van der Waals surface area contributed by atoms with Crippen LogP contribution in [0.2, 0.25) is 0 Å². The Bertz CT molecular complexity index is 1480. The van der Waals surface area contributed by atoms with Crippen LogP contribution in [0.4, 0.5) is 4.79 Å². The number of carbonyl (C=O) groups is 1. The van der Waals surface area contributed by atoms with E-state index in [0.717, 1.165) is 22.3 Å². The van der Waals surface area contributed by atoms with Gasteiger partial charge in [-0.15, -0.1) is 0 Å². The normalized spacial score (nSPS) is 18.0. The van der Waals surface area contributed by atoms with E-state index in [4.69, 9.17) is 18.6 Å². The fraction of sp³-hybridized carbons (Fsp3) is 0.306. The molecule has 0 spiro atoms. The quantitative estimate of drug-likeness (QED) is 0.111. The molecule has 0 heterocycles. The highest BCUT2D eigenvalue weighted by Gasteiger charge is 2.69. The summed E-state index contributed by atoms with van der Waals surface area (Å²) in [5, 5.41) is 0.264. The molecule has 0 bridgehead atoms. The summed E-state index contributed by atoms with van der Waals surface area (Å²) in [4.78, 5) is 19.5. The van der Waals surface area contributed by atoms with Crippen molar-refractivity contribution in [3.63, 3.8) is 0 Å². The number of carbonyl (C=O) groups excluding carboxylic acids is 1. The molecule has 4 aromatic rings. The van der Waals surface area contributed by atoms with Gasteiger partial charge in [-0.2, -0.15) is 5.06 Å². The Labute approximate surface area is 260 Å². The highest BCUT2D eigenvalue weighted by molar-refractivity contribution is 7.55. The molecule has 2 atom stereocenters. The number of rotatable bonds is 13. The Balaban J connectivity index is 1.46. The van der Waals surface area contributed by atoms with Gasteiger partial charge in [0.2, 0.25) is 0 Å². The van der Waals surface area contributed by atoms with Crippen molar-refractivity contribution in [3.8, 4) is 0 Å². The molecule has 1 aliphatic rings. The summed E-state index contributed by atoms with van der Waals surface area (Å²) < 4.78 is 33.6. The number of benzene rings is 4. The molecule has 0 saturated heterocycles. The lowest BCUT2D eigenvalue weighted by Crippen LogP contribution is -2.39. The number of ether oxygens (including phenoxy) is 1. The number of hydroxylamine groups is 2. The Morgan fingerprint density at radius 2 is 1.16 bits per heavy atom. The van der Waals surface area contributed by atoms with Crippen molar-refractivity contribution in [1.82, 2.24) is 5.06 Å². The molecule has 1 fully saturated rings. The maximum absolute atomic E-state index is 15.2. The average Bonchev–Trinajstić information content (AvgIpc) is 3.78. The maximum atomic E-state index is 15.2. The first kappa shape index (κ1) is 31.7. The molecule has 230 valence electrons. The molecule has 1 aliphatic carbocycles. The zero-order valence-corrected chi connectivity index (χ0v) is 26.4. The predicted octanol–water partition coefficient (Wildman–Crippen LogP) is 8.90. The predicted molar refractivity (Wildman–Crippen MR) is 170 cm³/mol. The van der Waals surface area contributed by atoms with Gasteiger partial charge in [0.1, 0.15) is 17.4 Å². The monoisotopic (exact) mass is 613 g/mol. The molecule has 0 radical (unpaired) electrons. The summed E-state index contributed by atoms with van der Waals surface area (Å²) in [6.45, 7) is 6.00. The largest absolute Gasteiger partial charge is 0.442 e. The minimum atomic E-state index is -3.86. The van der Waals surface area contributed by atoms with E-state index in [-0.39, 0.29) is 32.3 Å². The second kappa shape index (κ2) is 13.9. The van der Waals surface area contributed by atoms with Crippen LogP contribution >= 0.6 is 7.60 Å². The van der Waals surface area contributed by atoms with Gasteiger partial charge in [0.05, 0.1) is 19.8 Å². The Morgan fingerprint density at radius 3 is 1.61 bits per heavy atom. The van der Waals surface area contributed by atoms with Crippen LogP contribution in [0.1, 0.15) is 49.4 Å². The minimum Gasteiger partial charge on any atom is -0.442 e. The van der Waals surface area contributed by atoms with E-state index >= 15 is 4.57 Å². The van der Waals surface area contributed by atoms with Crippen LogP contribution in [0.25, 0.3) is 0 Å². The Morgan fingerprint density at radius 1 is 0.727 bits per heavy atom. The first-order valence-electron chi connectivity index (χ1n) is 14.9. The van der Waals surface area contributed by atoms with Gasteiger partial charge >= 0.3 is 13.7 Å². The summed E-state index contributed by atoms with van der Waals surface area (Å²) in [6.07, 6.45) is -0.126. The summed E-state index contributed by atoms with van der Waals surface area (Å²) in [5.41, 5.74) is 2.80. The van der Waals surface area contributed by atoms with Crippen LogP contribution in [0, 0.1) is 5.92 Å². The number of hydrogen-bond acceptors (Lipinski definition) is 6. The summed E-state index contributed by atoms with van der Waals surface area (Å²) in [6, 6.07) is 38.6. The summed E-state index contributed by atoms with van der Waals surface area (Å²) >= 11 is 0. The number of nitrogens with zero attached hydrogens (tertiary/aromatic N) is 1.